The van der Waals surface area contributed by atoms with Gasteiger partial charge in [0.15, 0.2) is 23.9 Å². The van der Waals surface area contributed by atoms with E-state index < -0.39 is 5.97 Å². The Labute approximate surface area is 159 Å². The molecule has 1 aliphatic rings. The number of rotatable bonds is 9. The summed E-state index contributed by atoms with van der Waals surface area (Å²) >= 11 is 0. The number of benzene rings is 1. The molecule has 0 atom stereocenters. The number of esters is 1. The Morgan fingerprint density at radius 1 is 1.07 bits per heavy atom. The van der Waals surface area contributed by atoms with E-state index in [1.807, 2.05) is 13.8 Å². The fraction of sp³-hybridized carbons (Fsp3) is 0.550. The molecule has 1 aliphatic heterocycles. The number of carbonyl (C=O) groups excluding carboxylic acids is 3. The van der Waals surface area contributed by atoms with Crippen molar-refractivity contribution in [3.63, 3.8) is 0 Å². The molecule has 27 heavy (non-hydrogen) atoms. The molecule has 1 amide bonds. The van der Waals surface area contributed by atoms with Crippen LogP contribution < -0.4 is 14.8 Å². The Bertz CT molecular complexity index is 668. The van der Waals surface area contributed by atoms with Crippen molar-refractivity contribution in [1.82, 2.24) is 5.32 Å². The van der Waals surface area contributed by atoms with Crippen LogP contribution in [-0.2, 0) is 14.3 Å². The minimum absolute atomic E-state index is 0.00659. The van der Waals surface area contributed by atoms with Gasteiger partial charge in [-0.2, -0.15) is 0 Å². The van der Waals surface area contributed by atoms with E-state index in [9.17, 15) is 14.4 Å². The summed E-state index contributed by atoms with van der Waals surface area (Å²) in [4.78, 5) is 35.8. The van der Waals surface area contributed by atoms with Crippen molar-refractivity contribution in [2.24, 2.45) is 0 Å². The van der Waals surface area contributed by atoms with Gasteiger partial charge in [0.25, 0.3) is 5.91 Å². The minimum Gasteiger partial charge on any atom is -0.490 e. The first-order valence-corrected chi connectivity index (χ1v) is 9.41. The average molecular weight is 377 g/mol. The highest BCUT2D eigenvalue weighted by Gasteiger charge is 2.16. The maximum Gasteiger partial charge on any atom is 0.306 e. The van der Waals surface area contributed by atoms with Crippen molar-refractivity contribution in [2.45, 2.75) is 52.0 Å². The van der Waals surface area contributed by atoms with Crippen molar-refractivity contribution in [1.29, 1.82) is 0 Å². The Balaban J connectivity index is 1.77. The van der Waals surface area contributed by atoms with Crippen LogP contribution >= 0.6 is 0 Å². The first kappa shape index (κ1) is 20.7. The summed E-state index contributed by atoms with van der Waals surface area (Å²) in [7, 11) is 0. The second-order valence-electron chi connectivity index (χ2n) is 6.38. The largest absolute Gasteiger partial charge is 0.490 e. The Morgan fingerprint density at radius 2 is 1.78 bits per heavy atom. The summed E-state index contributed by atoms with van der Waals surface area (Å²) in [6, 6.07) is 5.08. The van der Waals surface area contributed by atoms with E-state index in [0.717, 1.165) is 19.3 Å². The Morgan fingerprint density at radius 3 is 2.48 bits per heavy atom. The first-order valence-electron chi connectivity index (χ1n) is 9.41. The molecule has 148 valence electrons. The summed E-state index contributed by atoms with van der Waals surface area (Å²) in [6.45, 7) is 4.75. The maximum atomic E-state index is 12.3. The first-order chi connectivity index (χ1) is 13.0. The van der Waals surface area contributed by atoms with Crippen LogP contribution in [0.2, 0.25) is 0 Å². The molecule has 7 nitrogen and oxygen atoms in total. The van der Waals surface area contributed by atoms with Gasteiger partial charge >= 0.3 is 5.97 Å². The zero-order valence-electron chi connectivity index (χ0n) is 15.9. The van der Waals surface area contributed by atoms with Gasteiger partial charge in [-0.1, -0.05) is 13.8 Å². The number of nitrogens with one attached hydrogen (secondary N) is 1. The van der Waals surface area contributed by atoms with Crippen LogP contribution in [0, 0.1) is 0 Å². The van der Waals surface area contributed by atoms with Crippen LogP contribution in [0.3, 0.4) is 0 Å². The van der Waals surface area contributed by atoms with Gasteiger partial charge in [0.2, 0.25) is 0 Å². The summed E-state index contributed by atoms with van der Waals surface area (Å²) in [5.41, 5.74) is 0.457. The van der Waals surface area contributed by atoms with Gasteiger partial charge in [-0.15, -0.1) is 0 Å². The highest BCUT2D eigenvalue weighted by Crippen LogP contribution is 2.30. The molecule has 1 N–H and O–H groups in total. The lowest BCUT2D eigenvalue weighted by atomic mass is 10.1. The third-order valence-corrected chi connectivity index (χ3v) is 4.34. The van der Waals surface area contributed by atoms with E-state index in [2.05, 4.69) is 5.32 Å². The second-order valence-corrected chi connectivity index (χ2v) is 6.38. The van der Waals surface area contributed by atoms with Crippen molar-refractivity contribution < 1.29 is 28.6 Å². The molecule has 2 rings (SSSR count). The SMILES string of the molecule is CCC(CC)NC(=O)COC(=O)CCC(=O)c1ccc2c(c1)OCCCO2. The predicted octanol–water partition coefficient (Wildman–Crippen LogP) is 2.66. The van der Waals surface area contributed by atoms with Gasteiger partial charge < -0.3 is 19.5 Å². The summed E-state index contributed by atoms with van der Waals surface area (Å²) in [5.74, 6) is 0.0682. The molecule has 7 heteroatoms. The van der Waals surface area contributed by atoms with Crippen molar-refractivity contribution >= 4 is 17.7 Å². The standard InChI is InChI=1S/C20H27NO6/c1-3-15(4-2)21-19(23)13-27-20(24)9-7-16(22)14-6-8-17-18(12-14)26-11-5-10-25-17/h6,8,12,15H,3-5,7,9-11,13H2,1-2H3,(H,21,23). The number of amides is 1. The van der Waals surface area contributed by atoms with Gasteiger partial charge in [-0.3, -0.25) is 14.4 Å². The van der Waals surface area contributed by atoms with Crippen LogP contribution in [-0.4, -0.2) is 43.5 Å². The molecule has 0 unspecified atom stereocenters. The Hall–Kier alpha value is -2.57. The van der Waals surface area contributed by atoms with E-state index in [0.29, 0.717) is 30.3 Å². The fourth-order valence-corrected chi connectivity index (χ4v) is 2.68. The van der Waals surface area contributed by atoms with Gasteiger partial charge in [-0.25, -0.2) is 0 Å². The van der Waals surface area contributed by atoms with Gasteiger partial charge in [0, 0.05) is 24.4 Å². The molecule has 0 saturated heterocycles. The van der Waals surface area contributed by atoms with Crippen molar-refractivity contribution in [3.05, 3.63) is 23.8 Å². The lowest BCUT2D eigenvalue weighted by molar-refractivity contribution is -0.148. The van der Waals surface area contributed by atoms with E-state index in [-0.39, 0.29) is 37.2 Å². The van der Waals surface area contributed by atoms with Crippen LogP contribution in [0.15, 0.2) is 18.2 Å². The molecule has 1 aromatic rings. The van der Waals surface area contributed by atoms with Gasteiger partial charge in [-0.05, 0) is 31.0 Å². The van der Waals surface area contributed by atoms with E-state index in [1.165, 1.54) is 0 Å². The van der Waals surface area contributed by atoms with Crippen LogP contribution in [0.1, 0.15) is 56.3 Å². The highest BCUT2D eigenvalue weighted by atomic mass is 16.5. The number of Topliss-reactive ketones (excluding diaryl/α,β-unsaturated/α-hetero) is 1. The van der Waals surface area contributed by atoms with Crippen molar-refractivity contribution in [3.8, 4) is 11.5 Å². The summed E-state index contributed by atoms with van der Waals surface area (Å²) in [5, 5.41) is 2.79. The summed E-state index contributed by atoms with van der Waals surface area (Å²) in [6.07, 6.45) is 2.35. The smallest absolute Gasteiger partial charge is 0.306 e. The molecule has 0 spiro atoms. The maximum absolute atomic E-state index is 12.3. The lowest BCUT2D eigenvalue weighted by Gasteiger charge is -2.14. The van der Waals surface area contributed by atoms with E-state index in [1.54, 1.807) is 18.2 Å². The van der Waals surface area contributed by atoms with Gasteiger partial charge in [0.1, 0.15) is 0 Å². The number of hydrogen-bond donors (Lipinski definition) is 1. The number of hydrogen-bond acceptors (Lipinski definition) is 6. The molecule has 0 aromatic heterocycles. The van der Waals surface area contributed by atoms with E-state index >= 15 is 0 Å². The Kier molecular flexibility index (Phi) is 8.10. The van der Waals surface area contributed by atoms with Crippen LogP contribution in [0.25, 0.3) is 0 Å². The number of fused-ring (bicyclic) bond motifs is 1. The van der Waals surface area contributed by atoms with Crippen LogP contribution in [0.4, 0.5) is 0 Å². The normalized spacial score (nSPS) is 13.0. The molecular weight excluding hydrogens is 350 g/mol. The van der Waals surface area contributed by atoms with E-state index in [4.69, 9.17) is 14.2 Å². The number of ether oxygens (including phenoxy) is 3. The highest BCUT2D eigenvalue weighted by molar-refractivity contribution is 5.98. The lowest BCUT2D eigenvalue weighted by Crippen LogP contribution is -2.36. The molecule has 0 radical (unpaired) electrons. The quantitative estimate of drug-likeness (QED) is 0.525. The topological polar surface area (TPSA) is 90.9 Å². The number of ketones is 1. The van der Waals surface area contributed by atoms with Gasteiger partial charge in [0.05, 0.1) is 19.6 Å². The molecule has 0 fully saturated rings. The average Bonchev–Trinajstić information content (AvgIpc) is 2.93. The summed E-state index contributed by atoms with van der Waals surface area (Å²) < 4.78 is 16.0. The molecule has 0 bridgehead atoms. The van der Waals surface area contributed by atoms with Crippen LogP contribution in [0.5, 0.6) is 11.5 Å². The monoisotopic (exact) mass is 377 g/mol. The predicted molar refractivity (Wildman–Crippen MR) is 99.1 cm³/mol. The molecule has 1 heterocycles. The molecule has 1 aromatic carbocycles. The second kappa shape index (κ2) is 10.5. The third kappa shape index (κ3) is 6.58. The zero-order chi connectivity index (χ0) is 19.6. The molecule has 0 saturated carbocycles. The third-order valence-electron chi connectivity index (χ3n) is 4.34. The number of carbonyl (C=O) groups is 3. The minimum atomic E-state index is -0.572. The molecule has 0 aliphatic carbocycles. The zero-order valence-corrected chi connectivity index (χ0v) is 15.9. The fourth-order valence-electron chi connectivity index (χ4n) is 2.68. The van der Waals surface area contributed by atoms with Crippen molar-refractivity contribution in [2.75, 3.05) is 19.8 Å². The molecular formula is C20H27NO6.